The van der Waals surface area contributed by atoms with E-state index in [1.807, 2.05) is 31.2 Å². The summed E-state index contributed by atoms with van der Waals surface area (Å²) in [4.78, 5) is 16.7. The molecule has 10 heteroatoms. The van der Waals surface area contributed by atoms with Crippen LogP contribution in [0.3, 0.4) is 0 Å². The van der Waals surface area contributed by atoms with Gasteiger partial charge in [-0.15, -0.1) is 13.2 Å². The van der Waals surface area contributed by atoms with Gasteiger partial charge in [0.15, 0.2) is 0 Å². The number of anilines is 1. The lowest BCUT2D eigenvalue weighted by atomic mass is 10.2. The van der Waals surface area contributed by atoms with Crippen LogP contribution in [0.2, 0.25) is 5.02 Å². The Labute approximate surface area is 194 Å². The van der Waals surface area contributed by atoms with Crippen molar-refractivity contribution in [1.82, 2.24) is 19.0 Å². The predicted molar refractivity (Wildman–Crippen MR) is 127 cm³/mol. The minimum absolute atomic E-state index is 0.0593. The average molecular weight is 478 g/mol. The van der Waals surface area contributed by atoms with Crippen LogP contribution in [0.25, 0.3) is 0 Å². The van der Waals surface area contributed by atoms with Crippen molar-refractivity contribution in [2.45, 2.75) is 18.5 Å². The van der Waals surface area contributed by atoms with E-state index in [0.717, 1.165) is 5.69 Å². The Morgan fingerprint density at radius 1 is 1.16 bits per heavy atom. The maximum Gasteiger partial charge on any atom is 0.263 e. The molecule has 0 spiro atoms. The highest BCUT2D eigenvalue weighted by Crippen LogP contribution is 2.28. The molecule has 2 heterocycles. The van der Waals surface area contributed by atoms with Crippen molar-refractivity contribution >= 4 is 33.2 Å². The summed E-state index contributed by atoms with van der Waals surface area (Å²) in [5.41, 5.74) is 0.936. The number of piperazine rings is 1. The van der Waals surface area contributed by atoms with Gasteiger partial charge < -0.3 is 9.80 Å². The Morgan fingerprint density at radius 2 is 1.78 bits per heavy atom. The number of para-hydroxylation sites is 1. The lowest BCUT2D eigenvalue weighted by molar-refractivity contribution is 0.0786. The standard InChI is InChI=1S/C22H28ClN5O3S/c1-4-11-26(12-5-2)22(29)18-17-27(6-3)24-21(18)32(30,31)28-15-13-25(14-16-28)20-10-8-7-9-19(20)23/h4-5,7-10,17H,1-2,6,11-16H2,3H3. The zero-order valence-electron chi connectivity index (χ0n) is 18.2. The molecule has 172 valence electrons. The van der Waals surface area contributed by atoms with Crippen LogP contribution in [0.4, 0.5) is 5.69 Å². The first-order chi connectivity index (χ1) is 15.3. The van der Waals surface area contributed by atoms with Crippen LogP contribution in [-0.4, -0.2) is 72.6 Å². The molecule has 0 bridgehead atoms. The number of nitrogens with zero attached hydrogens (tertiary/aromatic N) is 5. The van der Waals surface area contributed by atoms with Crippen LogP contribution in [0, 0.1) is 0 Å². The lowest BCUT2D eigenvalue weighted by Gasteiger charge is -2.35. The molecule has 0 N–H and O–H groups in total. The molecule has 8 nitrogen and oxygen atoms in total. The molecule has 1 aliphatic rings. The van der Waals surface area contributed by atoms with Gasteiger partial charge in [-0.05, 0) is 19.1 Å². The first kappa shape index (κ1) is 24.0. The number of aromatic nitrogens is 2. The average Bonchev–Trinajstić information content (AvgIpc) is 3.24. The van der Waals surface area contributed by atoms with Crippen LogP contribution in [0.15, 0.2) is 60.8 Å². The summed E-state index contributed by atoms with van der Waals surface area (Å²) in [6.45, 7) is 11.7. The minimum atomic E-state index is -3.96. The molecule has 0 saturated carbocycles. The first-order valence-corrected chi connectivity index (χ1v) is 12.2. The Morgan fingerprint density at radius 3 is 2.34 bits per heavy atom. The van der Waals surface area contributed by atoms with Gasteiger partial charge in [-0.1, -0.05) is 35.9 Å². The molecule has 32 heavy (non-hydrogen) atoms. The fraction of sp³-hybridized carbons (Fsp3) is 0.364. The highest BCUT2D eigenvalue weighted by Gasteiger charge is 2.35. The van der Waals surface area contributed by atoms with E-state index in [9.17, 15) is 13.2 Å². The number of hydrogen-bond donors (Lipinski definition) is 0. The fourth-order valence-corrected chi connectivity index (χ4v) is 5.39. The van der Waals surface area contributed by atoms with Crippen LogP contribution in [0.5, 0.6) is 0 Å². The molecule has 0 aliphatic carbocycles. The highest BCUT2D eigenvalue weighted by molar-refractivity contribution is 7.89. The Bertz CT molecular complexity index is 1080. The molecule has 1 saturated heterocycles. The third-order valence-corrected chi connectivity index (χ3v) is 7.44. The molecule has 0 unspecified atom stereocenters. The van der Waals surface area contributed by atoms with E-state index < -0.39 is 15.9 Å². The normalized spacial score (nSPS) is 14.9. The monoisotopic (exact) mass is 477 g/mol. The molecule has 0 atom stereocenters. The zero-order valence-corrected chi connectivity index (χ0v) is 19.7. The molecule has 1 aromatic heterocycles. The molecule has 1 fully saturated rings. The number of benzene rings is 1. The SMILES string of the molecule is C=CCN(CC=C)C(=O)c1cn(CC)nc1S(=O)(=O)N1CCN(c2ccccc2Cl)CC1. The molecule has 1 aliphatic heterocycles. The smallest absolute Gasteiger partial charge is 0.263 e. The molecule has 1 amide bonds. The van der Waals surface area contributed by atoms with Crippen LogP contribution in [-0.2, 0) is 16.6 Å². The number of amides is 1. The van der Waals surface area contributed by atoms with Crippen molar-refractivity contribution < 1.29 is 13.2 Å². The topological polar surface area (TPSA) is 78.8 Å². The van der Waals surface area contributed by atoms with Gasteiger partial charge in [-0.25, -0.2) is 8.42 Å². The van der Waals surface area contributed by atoms with E-state index in [-0.39, 0.29) is 36.8 Å². The van der Waals surface area contributed by atoms with Gasteiger partial charge in [0, 0.05) is 52.0 Å². The van der Waals surface area contributed by atoms with Gasteiger partial charge in [0.25, 0.3) is 15.9 Å². The van der Waals surface area contributed by atoms with E-state index in [2.05, 4.69) is 23.2 Å². The second kappa shape index (κ2) is 10.3. The maximum atomic E-state index is 13.5. The zero-order chi connectivity index (χ0) is 23.3. The number of carbonyl (C=O) groups is 1. The highest BCUT2D eigenvalue weighted by atomic mass is 35.5. The number of sulfonamides is 1. The second-order valence-corrected chi connectivity index (χ2v) is 9.59. The summed E-state index contributed by atoms with van der Waals surface area (Å²) in [7, 11) is -3.96. The lowest BCUT2D eigenvalue weighted by Crippen LogP contribution is -2.49. The van der Waals surface area contributed by atoms with E-state index in [0.29, 0.717) is 24.7 Å². The summed E-state index contributed by atoms with van der Waals surface area (Å²) in [6.07, 6.45) is 4.68. The third-order valence-electron chi connectivity index (χ3n) is 5.28. The van der Waals surface area contributed by atoms with E-state index in [1.165, 1.54) is 20.1 Å². The van der Waals surface area contributed by atoms with Crippen molar-refractivity contribution in [1.29, 1.82) is 0 Å². The van der Waals surface area contributed by atoms with Crippen molar-refractivity contribution in [2.24, 2.45) is 0 Å². The van der Waals surface area contributed by atoms with Crippen LogP contribution >= 0.6 is 11.6 Å². The molecule has 0 radical (unpaired) electrons. The molecule has 2 aromatic rings. The maximum absolute atomic E-state index is 13.5. The molecular formula is C22H28ClN5O3S. The van der Waals surface area contributed by atoms with E-state index in [4.69, 9.17) is 11.6 Å². The summed E-state index contributed by atoms with van der Waals surface area (Å²) < 4.78 is 29.8. The molecule has 3 rings (SSSR count). The Kier molecular flexibility index (Phi) is 7.76. The predicted octanol–water partition coefficient (Wildman–Crippen LogP) is 2.88. The fourth-order valence-electron chi connectivity index (χ4n) is 3.63. The Hall–Kier alpha value is -2.62. The van der Waals surface area contributed by atoms with Crippen LogP contribution < -0.4 is 4.90 Å². The minimum Gasteiger partial charge on any atom is -0.368 e. The quantitative estimate of drug-likeness (QED) is 0.519. The Balaban J connectivity index is 1.86. The summed E-state index contributed by atoms with van der Waals surface area (Å²) in [5.74, 6) is -0.419. The van der Waals surface area contributed by atoms with Crippen molar-refractivity contribution in [3.8, 4) is 0 Å². The first-order valence-electron chi connectivity index (χ1n) is 10.4. The van der Waals surface area contributed by atoms with Gasteiger partial charge in [0.1, 0.15) is 0 Å². The summed E-state index contributed by atoms with van der Waals surface area (Å²) in [6, 6.07) is 7.49. The van der Waals surface area contributed by atoms with Crippen LogP contribution in [0.1, 0.15) is 17.3 Å². The van der Waals surface area contributed by atoms with Crippen molar-refractivity contribution in [3.63, 3.8) is 0 Å². The summed E-state index contributed by atoms with van der Waals surface area (Å²) in [5, 5.41) is 4.66. The second-order valence-electron chi connectivity index (χ2n) is 7.33. The number of halogens is 1. The van der Waals surface area contributed by atoms with Gasteiger partial charge in [0.2, 0.25) is 5.03 Å². The summed E-state index contributed by atoms with van der Waals surface area (Å²) >= 11 is 6.29. The number of hydrogen-bond acceptors (Lipinski definition) is 5. The van der Waals surface area contributed by atoms with Gasteiger partial charge in [-0.2, -0.15) is 9.40 Å². The number of aryl methyl sites for hydroxylation is 1. The van der Waals surface area contributed by atoms with E-state index in [1.54, 1.807) is 12.2 Å². The van der Waals surface area contributed by atoms with Crippen molar-refractivity contribution in [2.75, 3.05) is 44.2 Å². The van der Waals surface area contributed by atoms with Gasteiger partial charge >= 0.3 is 0 Å². The van der Waals surface area contributed by atoms with Gasteiger partial charge in [-0.3, -0.25) is 9.48 Å². The number of carbonyl (C=O) groups excluding carboxylic acids is 1. The largest absolute Gasteiger partial charge is 0.368 e. The third kappa shape index (κ3) is 4.90. The van der Waals surface area contributed by atoms with Gasteiger partial charge in [0.05, 0.1) is 16.3 Å². The van der Waals surface area contributed by atoms with Crippen molar-refractivity contribution in [3.05, 3.63) is 66.4 Å². The van der Waals surface area contributed by atoms with E-state index >= 15 is 0 Å². The molecular weight excluding hydrogens is 450 g/mol. The number of rotatable bonds is 9. The molecule has 1 aromatic carbocycles.